The lowest BCUT2D eigenvalue weighted by Crippen LogP contribution is -2.41. The molecular weight excluding hydrogens is 347 g/mol. The minimum atomic E-state index is -3.86. The Morgan fingerprint density at radius 1 is 1.12 bits per heavy atom. The standard InChI is InChI=1S/C17H19FN2O4S/c1-3-24-15-8-10-16(11-9-15)25(22,23)20-12(2)17(21)19-14-6-4-13(18)5-7-14/h4-12,20H,3H2,1-2H3,(H,19,21)/t12-/m1/s1. The molecule has 25 heavy (non-hydrogen) atoms. The van der Waals surface area contributed by atoms with Crippen LogP contribution in [0.25, 0.3) is 0 Å². The summed E-state index contributed by atoms with van der Waals surface area (Å²) in [5.41, 5.74) is 0.374. The maximum absolute atomic E-state index is 12.9. The van der Waals surface area contributed by atoms with Crippen LogP contribution in [0.5, 0.6) is 5.75 Å². The molecule has 0 saturated carbocycles. The fourth-order valence-electron chi connectivity index (χ4n) is 2.02. The molecule has 0 unspecified atom stereocenters. The monoisotopic (exact) mass is 366 g/mol. The zero-order valence-corrected chi connectivity index (χ0v) is 14.6. The summed E-state index contributed by atoms with van der Waals surface area (Å²) in [6.45, 7) is 3.73. The number of anilines is 1. The number of carbonyl (C=O) groups excluding carboxylic acids is 1. The zero-order valence-electron chi connectivity index (χ0n) is 13.8. The minimum Gasteiger partial charge on any atom is -0.494 e. The molecule has 0 aliphatic heterocycles. The molecule has 2 N–H and O–H groups in total. The Hall–Kier alpha value is -2.45. The number of hydrogen-bond acceptors (Lipinski definition) is 4. The van der Waals surface area contributed by atoms with Crippen LogP contribution in [0, 0.1) is 5.82 Å². The second kappa shape index (κ2) is 8.09. The van der Waals surface area contributed by atoms with E-state index in [4.69, 9.17) is 4.74 Å². The molecule has 0 aliphatic rings. The molecule has 6 nitrogen and oxygen atoms in total. The van der Waals surface area contributed by atoms with Crippen molar-refractivity contribution in [1.29, 1.82) is 0 Å². The van der Waals surface area contributed by atoms with Crippen molar-refractivity contribution in [2.45, 2.75) is 24.8 Å². The first kappa shape index (κ1) is 18.9. The van der Waals surface area contributed by atoms with Crippen LogP contribution in [-0.4, -0.2) is 27.0 Å². The van der Waals surface area contributed by atoms with Crippen LogP contribution >= 0.6 is 0 Å². The van der Waals surface area contributed by atoms with Gasteiger partial charge in [-0.1, -0.05) is 0 Å². The van der Waals surface area contributed by atoms with Gasteiger partial charge in [-0.25, -0.2) is 12.8 Å². The molecule has 0 heterocycles. The van der Waals surface area contributed by atoms with Gasteiger partial charge in [0.2, 0.25) is 15.9 Å². The summed E-state index contributed by atoms with van der Waals surface area (Å²) in [6.07, 6.45) is 0. The molecule has 1 amide bonds. The third-order valence-corrected chi connectivity index (χ3v) is 4.84. The summed E-state index contributed by atoms with van der Waals surface area (Å²) in [4.78, 5) is 12.1. The lowest BCUT2D eigenvalue weighted by molar-refractivity contribution is -0.117. The Kier molecular flexibility index (Phi) is 6.11. The van der Waals surface area contributed by atoms with Gasteiger partial charge in [-0.3, -0.25) is 4.79 Å². The topological polar surface area (TPSA) is 84.5 Å². The highest BCUT2D eigenvalue weighted by molar-refractivity contribution is 7.89. The van der Waals surface area contributed by atoms with Crippen LogP contribution in [0.2, 0.25) is 0 Å². The van der Waals surface area contributed by atoms with Crippen LogP contribution in [0.15, 0.2) is 53.4 Å². The number of hydrogen-bond donors (Lipinski definition) is 2. The minimum absolute atomic E-state index is 0.0254. The van der Waals surface area contributed by atoms with Crippen LogP contribution < -0.4 is 14.8 Å². The van der Waals surface area contributed by atoms with Crippen molar-refractivity contribution in [3.8, 4) is 5.75 Å². The zero-order chi connectivity index (χ0) is 18.4. The Morgan fingerprint density at radius 2 is 1.72 bits per heavy atom. The van der Waals surface area contributed by atoms with Crippen LogP contribution in [-0.2, 0) is 14.8 Å². The van der Waals surface area contributed by atoms with Crippen molar-refractivity contribution < 1.29 is 22.3 Å². The summed E-state index contributed by atoms with van der Waals surface area (Å²) < 4.78 is 45.1. The molecule has 0 spiro atoms. The van der Waals surface area contributed by atoms with E-state index >= 15 is 0 Å². The van der Waals surface area contributed by atoms with E-state index in [0.717, 1.165) is 0 Å². The molecule has 0 saturated heterocycles. The van der Waals surface area contributed by atoms with Crippen molar-refractivity contribution in [2.24, 2.45) is 0 Å². The van der Waals surface area contributed by atoms with E-state index in [0.29, 0.717) is 18.0 Å². The Bertz CT molecular complexity index is 821. The number of carbonyl (C=O) groups is 1. The molecule has 0 bridgehead atoms. The van der Waals surface area contributed by atoms with E-state index in [1.54, 1.807) is 12.1 Å². The molecule has 2 aromatic rings. The van der Waals surface area contributed by atoms with Gasteiger partial charge in [-0.05, 0) is 62.4 Å². The van der Waals surface area contributed by atoms with E-state index < -0.39 is 27.8 Å². The first-order chi connectivity index (χ1) is 11.8. The first-order valence-electron chi connectivity index (χ1n) is 7.63. The van der Waals surface area contributed by atoms with Crippen LogP contribution in [0.1, 0.15) is 13.8 Å². The molecule has 0 aromatic heterocycles. The van der Waals surface area contributed by atoms with E-state index in [1.807, 2.05) is 6.92 Å². The highest BCUT2D eigenvalue weighted by Crippen LogP contribution is 2.16. The highest BCUT2D eigenvalue weighted by atomic mass is 32.2. The smallest absolute Gasteiger partial charge is 0.242 e. The number of benzene rings is 2. The van der Waals surface area contributed by atoms with Crippen molar-refractivity contribution in [3.63, 3.8) is 0 Å². The number of nitrogens with one attached hydrogen (secondary N) is 2. The normalized spacial score (nSPS) is 12.4. The van der Waals surface area contributed by atoms with Gasteiger partial charge in [-0.15, -0.1) is 0 Å². The maximum Gasteiger partial charge on any atom is 0.242 e. The third kappa shape index (κ3) is 5.27. The average Bonchev–Trinajstić information content (AvgIpc) is 2.57. The summed E-state index contributed by atoms with van der Waals surface area (Å²) in [5, 5.41) is 2.52. The third-order valence-electron chi connectivity index (χ3n) is 3.28. The van der Waals surface area contributed by atoms with Crippen molar-refractivity contribution in [3.05, 3.63) is 54.3 Å². The molecule has 2 aromatic carbocycles. The lowest BCUT2D eigenvalue weighted by Gasteiger charge is -2.15. The number of rotatable bonds is 7. The molecule has 2 rings (SSSR count). The molecule has 0 fully saturated rings. The number of halogens is 1. The lowest BCUT2D eigenvalue weighted by atomic mass is 10.3. The summed E-state index contributed by atoms with van der Waals surface area (Å²) in [6, 6.07) is 10.1. The van der Waals surface area contributed by atoms with Gasteiger partial charge in [0, 0.05) is 5.69 Å². The summed E-state index contributed by atoms with van der Waals surface area (Å²) in [5.74, 6) is -0.424. The molecule has 8 heteroatoms. The van der Waals surface area contributed by atoms with Crippen LogP contribution in [0.3, 0.4) is 0 Å². The van der Waals surface area contributed by atoms with Gasteiger partial charge < -0.3 is 10.1 Å². The molecule has 0 aliphatic carbocycles. The average molecular weight is 366 g/mol. The van der Waals surface area contributed by atoms with Gasteiger partial charge in [-0.2, -0.15) is 4.72 Å². The molecule has 134 valence electrons. The van der Waals surface area contributed by atoms with E-state index in [1.165, 1.54) is 43.3 Å². The van der Waals surface area contributed by atoms with E-state index in [-0.39, 0.29) is 4.90 Å². The number of ether oxygens (including phenoxy) is 1. The van der Waals surface area contributed by atoms with Gasteiger partial charge in [0.25, 0.3) is 0 Å². The first-order valence-corrected chi connectivity index (χ1v) is 9.12. The van der Waals surface area contributed by atoms with Crippen LogP contribution in [0.4, 0.5) is 10.1 Å². The van der Waals surface area contributed by atoms with Gasteiger partial charge >= 0.3 is 0 Å². The quantitative estimate of drug-likeness (QED) is 0.789. The Labute approximate surface area is 146 Å². The molecule has 0 radical (unpaired) electrons. The van der Waals surface area contributed by atoms with Crippen molar-refractivity contribution in [2.75, 3.05) is 11.9 Å². The van der Waals surface area contributed by atoms with E-state index in [9.17, 15) is 17.6 Å². The highest BCUT2D eigenvalue weighted by Gasteiger charge is 2.22. The van der Waals surface area contributed by atoms with Crippen molar-refractivity contribution >= 4 is 21.6 Å². The second-order valence-corrected chi connectivity index (χ2v) is 6.96. The van der Waals surface area contributed by atoms with Gasteiger partial charge in [0.05, 0.1) is 17.5 Å². The largest absolute Gasteiger partial charge is 0.494 e. The predicted octanol–water partition coefficient (Wildman–Crippen LogP) is 2.53. The van der Waals surface area contributed by atoms with Gasteiger partial charge in [0.1, 0.15) is 11.6 Å². The summed E-state index contributed by atoms with van der Waals surface area (Å²) in [7, 11) is -3.86. The van der Waals surface area contributed by atoms with Gasteiger partial charge in [0.15, 0.2) is 0 Å². The predicted molar refractivity (Wildman–Crippen MR) is 92.4 cm³/mol. The molecule has 1 atom stereocenters. The number of sulfonamides is 1. The Balaban J connectivity index is 2.03. The maximum atomic E-state index is 12.9. The Morgan fingerprint density at radius 3 is 2.28 bits per heavy atom. The second-order valence-electron chi connectivity index (χ2n) is 5.24. The summed E-state index contributed by atoms with van der Waals surface area (Å²) >= 11 is 0. The molecular formula is C17H19FN2O4S. The fourth-order valence-corrected chi connectivity index (χ4v) is 3.22. The SMILES string of the molecule is CCOc1ccc(S(=O)(=O)N[C@H](C)C(=O)Nc2ccc(F)cc2)cc1. The van der Waals surface area contributed by atoms with E-state index in [2.05, 4.69) is 10.0 Å². The fraction of sp³-hybridized carbons (Fsp3) is 0.235. The van der Waals surface area contributed by atoms with Crippen molar-refractivity contribution in [1.82, 2.24) is 4.72 Å². The number of amides is 1.